The molecule has 0 aromatic carbocycles. The number of hydrogen-bond acceptors (Lipinski definition) is 4. The van der Waals surface area contributed by atoms with Gasteiger partial charge in [0.05, 0.1) is 11.6 Å². The van der Waals surface area contributed by atoms with Crippen molar-refractivity contribution in [2.45, 2.75) is 19.1 Å². The predicted molar refractivity (Wildman–Crippen MR) is 107 cm³/mol. The van der Waals surface area contributed by atoms with Crippen molar-refractivity contribution in [2.75, 3.05) is 0 Å². The van der Waals surface area contributed by atoms with Crippen molar-refractivity contribution in [3.63, 3.8) is 0 Å². The molecular formula is C19H16ClF3N6. The number of rotatable bonds is 6. The molecule has 0 saturated carbocycles. The molecule has 0 unspecified atom stereocenters. The first-order valence-corrected chi connectivity index (χ1v) is 8.80. The average molecular weight is 421 g/mol. The standard InChI is InChI=1S/C19H16ClF3N6/c20-15-4-16-14(9-28-18(16)29-10-15)3-13(5-24)7-26-11-25-6-12-1-2-17(27-8-12)19(21,22)23/h1-2,4-5,7-11H,3,6,24H2,(H,28,29). The molecule has 0 amide bonds. The predicted octanol–water partition coefficient (Wildman–Crippen LogP) is 4.31. The monoisotopic (exact) mass is 420 g/mol. The Hall–Kier alpha value is -3.20. The van der Waals surface area contributed by atoms with Gasteiger partial charge in [0, 0.05) is 36.6 Å². The van der Waals surface area contributed by atoms with Gasteiger partial charge in [-0.05, 0) is 35.0 Å². The Morgan fingerprint density at radius 2 is 2.07 bits per heavy atom. The van der Waals surface area contributed by atoms with Crippen molar-refractivity contribution in [2.24, 2.45) is 15.7 Å². The third-order valence-electron chi connectivity index (χ3n) is 3.97. The van der Waals surface area contributed by atoms with Gasteiger partial charge in [0.25, 0.3) is 0 Å². The van der Waals surface area contributed by atoms with E-state index in [4.69, 9.17) is 17.3 Å². The van der Waals surface area contributed by atoms with Gasteiger partial charge in [0.15, 0.2) is 0 Å². The molecule has 0 aliphatic rings. The van der Waals surface area contributed by atoms with Gasteiger partial charge >= 0.3 is 6.18 Å². The first-order chi connectivity index (χ1) is 13.9. The quantitative estimate of drug-likeness (QED) is 0.459. The van der Waals surface area contributed by atoms with E-state index in [2.05, 4.69) is 24.9 Å². The summed E-state index contributed by atoms with van der Waals surface area (Å²) >= 11 is 6.00. The molecule has 0 aliphatic carbocycles. The van der Waals surface area contributed by atoms with Gasteiger partial charge in [0.2, 0.25) is 0 Å². The molecule has 3 heterocycles. The van der Waals surface area contributed by atoms with Crippen LogP contribution in [0.4, 0.5) is 13.2 Å². The minimum Gasteiger partial charge on any atom is -0.404 e. The summed E-state index contributed by atoms with van der Waals surface area (Å²) < 4.78 is 37.5. The van der Waals surface area contributed by atoms with Gasteiger partial charge < -0.3 is 10.7 Å². The smallest absolute Gasteiger partial charge is 0.404 e. The third kappa shape index (κ3) is 5.41. The fraction of sp³-hybridized carbons (Fsp3) is 0.158. The molecule has 6 nitrogen and oxygen atoms in total. The SMILES string of the molecule is NC=C(C=NC=NCc1ccc(C(F)(F)F)nc1)Cc1c[nH]c2ncc(Cl)cc12. The Balaban J connectivity index is 1.59. The van der Waals surface area contributed by atoms with Gasteiger partial charge in [-0.15, -0.1) is 0 Å². The van der Waals surface area contributed by atoms with Crippen molar-refractivity contribution in [3.8, 4) is 0 Å². The summed E-state index contributed by atoms with van der Waals surface area (Å²) in [5, 5.41) is 1.43. The van der Waals surface area contributed by atoms with Crippen molar-refractivity contribution >= 4 is 35.2 Å². The number of hydrogen-bond donors (Lipinski definition) is 2. The van der Waals surface area contributed by atoms with Gasteiger partial charge in [-0.1, -0.05) is 17.7 Å². The fourth-order valence-corrected chi connectivity index (χ4v) is 2.71. The van der Waals surface area contributed by atoms with Crippen LogP contribution in [0.1, 0.15) is 16.8 Å². The summed E-state index contributed by atoms with van der Waals surface area (Å²) in [6.07, 6.45) is 4.91. The number of H-pyrrole nitrogens is 1. The maximum absolute atomic E-state index is 12.5. The lowest BCUT2D eigenvalue weighted by atomic mass is 10.1. The summed E-state index contributed by atoms with van der Waals surface area (Å²) in [7, 11) is 0. The van der Waals surface area contributed by atoms with E-state index in [1.165, 1.54) is 18.6 Å². The van der Waals surface area contributed by atoms with Crippen LogP contribution in [-0.2, 0) is 19.1 Å². The Labute approximate surface area is 169 Å². The van der Waals surface area contributed by atoms with Gasteiger partial charge in [-0.2, -0.15) is 13.2 Å². The highest BCUT2D eigenvalue weighted by molar-refractivity contribution is 6.31. The molecule has 0 spiro atoms. The molecule has 3 aromatic rings. The minimum absolute atomic E-state index is 0.163. The molecule has 3 aromatic heterocycles. The van der Waals surface area contributed by atoms with Crippen molar-refractivity contribution < 1.29 is 13.2 Å². The van der Waals surface area contributed by atoms with Crippen molar-refractivity contribution in [1.29, 1.82) is 0 Å². The van der Waals surface area contributed by atoms with E-state index in [0.717, 1.165) is 34.4 Å². The number of alkyl halides is 3. The van der Waals surface area contributed by atoms with E-state index in [0.29, 0.717) is 17.0 Å². The van der Waals surface area contributed by atoms with Gasteiger partial charge in [0.1, 0.15) is 17.7 Å². The lowest BCUT2D eigenvalue weighted by Gasteiger charge is -2.05. The van der Waals surface area contributed by atoms with E-state index in [1.54, 1.807) is 12.4 Å². The fourth-order valence-electron chi connectivity index (χ4n) is 2.55. The summed E-state index contributed by atoms with van der Waals surface area (Å²) in [5.41, 5.74) is 7.71. The summed E-state index contributed by atoms with van der Waals surface area (Å²) in [5.74, 6) is 0. The maximum atomic E-state index is 12.5. The second-order valence-corrected chi connectivity index (χ2v) is 6.50. The normalized spacial score (nSPS) is 13.2. The second-order valence-electron chi connectivity index (χ2n) is 6.07. The zero-order chi connectivity index (χ0) is 20.9. The molecule has 10 heteroatoms. The van der Waals surface area contributed by atoms with Crippen molar-refractivity contribution in [3.05, 3.63) is 70.4 Å². The summed E-state index contributed by atoms with van der Waals surface area (Å²) in [6.45, 7) is 0.163. The first kappa shape index (κ1) is 20.5. The molecular weight excluding hydrogens is 405 g/mol. The molecule has 29 heavy (non-hydrogen) atoms. The number of aromatic nitrogens is 3. The molecule has 0 fully saturated rings. The van der Waals surface area contributed by atoms with E-state index < -0.39 is 11.9 Å². The third-order valence-corrected chi connectivity index (χ3v) is 4.18. The Bertz CT molecular complexity index is 1070. The zero-order valence-electron chi connectivity index (χ0n) is 15.0. The Morgan fingerprint density at radius 3 is 2.76 bits per heavy atom. The van der Waals surface area contributed by atoms with Crippen LogP contribution in [0.25, 0.3) is 11.0 Å². The average Bonchev–Trinajstić information content (AvgIpc) is 3.08. The lowest BCUT2D eigenvalue weighted by molar-refractivity contribution is -0.141. The summed E-state index contributed by atoms with van der Waals surface area (Å²) in [6, 6.07) is 4.07. The molecule has 0 saturated heterocycles. The van der Waals surface area contributed by atoms with Crippen LogP contribution in [0.2, 0.25) is 5.02 Å². The number of fused-ring (bicyclic) bond motifs is 1. The number of nitrogens with zero attached hydrogens (tertiary/aromatic N) is 4. The maximum Gasteiger partial charge on any atom is 0.433 e. The lowest BCUT2D eigenvalue weighted by Crippen LogP contribution is -2.07. The van der Waals surface area contributed by atoms with E-state index in [9.17, 15) is 13.2 Å². The molecule has 0 radical (unpaired) electrons. The zero-order valence-corrected chi connectivity index (χ0v) is 15.7. The molecule has 0 atom stereocenters. The second kappa shape index (κ2) is 8.87. The number of pyridine rings is 2. The summed E-state index contributed by atoms with van der Waals surface area (Å²) in [4.78, 5) is 18.8. The Kier molecular flexibility index (Phi) is 6.28. The molecule has 3 N–H and O–H groups in total. The number of aromatic amines is 1. The van der Waals surface area contributed by atoms with Crippen LogP contribution in [0, 0.1) is 0 Å². The minimum atomic E-state index is -4.46. The molecule has 3 rings (SSSR count). The largest absolute Gasteiger partial charge is 0.433 e. The topological polar surface area (TPSA) is 92.3 Å². The van der Waals surface area contributed by atoms with Crippen LogP contribution in [0.5, 0.6) is 0 Å². The van der Waals surface area contributed by atoms with Crippen LogP contribution < -0.4 is 5.73 Å². The number of halogens is 4. The van der Waals surface area contributed by atoms with E-state index >= 15 is 0 Å². The van der Waals surface area contributed by atoms with Crippen LogP contribution in [0.3, 0.4) is 0 Å². The van der Waals surface area contributed by atoms with Gasteiger partial charge in [-0.3, -0.25) is 9.98 Å². The molecule has 0 aliphatic heterocycles. The molecule has 150 valence electrons. The van der Waals surface area contributed by atoms with E-state index in [-0.39, 0.29) is 6.54 Å². The Morgan fingerprint density at radius 1 is 1.24 bits per heavy atom. The van der Waals surface area contributed by atoms with Crippen LogP contribution in [0.15, 0.2) is 58.5 Å². The number of allylic oxidation sites excluding steroid dienone is 1. The van der Waals surface area contributed by atoms with Crippen LogP contribution >= 0.6 is 11.6 Å². The van der Waals surface area contributed by atoms with Crippen molar-refractivity contribution in [1.82, 2.24) is 15.0 Å². The van der Waals surface area contributed by atoms with E-state index in [1.807, 2.05) is 12.3 Å². The highest BCUT2D eigenvalue weighted by Crippen LogP contribution is 2.27. The van der Waals surface area contributed by atoms with Gasteiger partial charge in [-0.25, -0.2) is 9.98 Å². The highest BCUT2D eigenvalue weighted by Gasteiger charge is 2.31. The first-order valence-electron chi connectivity index (χ1n) is 8.42. The number of nitrogens with two attached hydrogens (primary N) is 1. The highest BCUT2D eigenvalue weighted by atomic mass is 35.5. The number of aliphatic imine (C=N–C) groups is 2. The molecule has 0 bridgehead atoms. The number of nitrogens with one attached hydrogen (secondary N) is 1. The van der Waals surface area contributed by atoms with Crippen LogP contribution in [-0.4, -0.2) is 27.5 Å².